The number of hydrogen-bond donors (Lipinski definition) is 0. The van der Waals surface area contributed by atoms with Crippen molar-refractivity contribution in [2.24, 2.45) is 11.3 Å². The quantitative estimate of drug-likeness (QED) is 0.768. The van der Waals surface area contributed by atoms with Crippen molar-refractivity contribution in [3.63, 3.8) is 0 Å². The van der Waals surface area contributed by atoms with Crippen molar-refractivity contribution in [3.8, 4) is 0 Å². The Morgan fingerprint density at radius 1 is 1.22 bits per heavy atom. The van der Waals surface area contributed by atoms with Crippen LogP contribution in [0.1, 0.15) is 59.9 Å². The highest BCUT2D eigenvalue weighted by atomic mass is 16.4. The molecular formula is C14H25N3O. The smallest absolute Gasteiger partial charge is 0.233 e. The van der Waals surface area contributed by atoms with Crippen LogP contribution in [0.3, 0.4) is 0 Å². The lowest BCUT2D eigenvalue weighted by molar-refractivity contribution is 0.0983. The zero-order valence-corrected chi connectivity index (χ0v) is 12.4. The normalized spacial score (nSPS) is 26.8. The minimum atomic E-state index is 0.124. The second-order valence-electron chi connectivity index (χ2n) is 7.41. The zero-order chi connectivity index (χ0) is 13.6. The van der Waals surface area contributed by atoms with Crippen LogP contribution in [0.4, 0.5) is 0 Å². The molecule has 0 amide bonds. The summed E-state index contributed by atoms with van der Waals surface area (Å²) >= 11 is 0. The van der Waals surface area contributed by atoms with Gasteiger partial charge in [0.25, 0.3) is 0 Å². The van der Waals surface area contributed by atoms with Gasteiger partial charge < -0.3 is 4.42 Å². The second-order valence-corrected chi connectivity index (χ2v) is 7.41. The van der Waals surface area contributed by atoms with Crippen molar-refractivity contribution in [3.05, 3.63) is 12.3 Å². The Balaban J connectivity index is 2.26. The maximum atomic E-state index is 5.44. The average Bonchev–Trinajstić information content (AvgIpc) is 2.84. The van der Waals surface area contributed by atoms with Gasteiger partial charge in [0, 0.05) is 12.1 Å². The molecule has 1 saturated heterocycles. The van der Waals surface area contributed by atoms with Crippen molar-refractivity contribution in [2.45, 2.75) is 59.5 Å². The highest BCUT2D eigenvalue weighted by Gasteiger charge is 2.44. The van der Waals surface area contributed by atoms with E-state index in [4.69, 9.17) is 4.42 Å². The summed E-state index contributed by atoms with van der Waals surface area (Å²) in [7, 11) is 0. The van der Waals surface area contributed by atoms with Crippen LogP contribution in [0.5, 0.6) is 0 Å². The van der Waals surface area contributed by atoms with Crippen molar-refractivity contribution in [1.82, 2.24) is 15.1 Å². The van der Waals surface area contributed by atoms with Crippen molar-refractivity contribution < 1.29 is 4.42 Å². The van der Waals surface area contributed by atoms with E-state index in [1.165, 1.54) is 6.39 Å². The number of nitrogens with zero attached hydrogens (tertiary/aromatic N) is 3. The summed E-state index contributed by atoms with van der Waals surface area (Å²) in [4.78, 5) is 2.50. The van der Waals surface area contributed by atoms with E-state index in [9.17, 15) is 0 Å². The molecule has 2 heterocycles. The lowest BCUT2D eigenvalue weighted by Crippen LogP contribution is -2.41. The third kappa shape index (κ3) is 2.58. The molecule has 0 radical (unpaired) electrons. The zero-order valence-electron chi connectivity index (χ0n) is 12.4. The molecule has 1 aromatic heterocycles. The van der Waals surface area contributed by atoms with Crippen LogP contribution in [-0.4, -0.2) is 27.2 Å². The van der Waals surface area contributed by atoms with E-state index in [-0.39, 0.29) is 11.6 Å². The molecule has 102 valence electrons. The highest BCUT2D eigenvalue weighted by molar-refractivity contribution is 5.01. The van der Waals surface area contributed by atoms with E-state index in [0.717, 1.165) is 18.9 Å². The fourth-order valence-corrected chi connectivity index (χ4v) is 2.77. The number of hydrogen-bond acceptors (Lipinski definition) is 4. The summed E-state index contributed by atoms with van der Waals surface area (Å²) in [6.45, 7) is 14.8. The molecule has 4 nitrogen and oxygen atoms in total. The van der Waals surface area contributed by atoms with E-state index in [2.05, 4.69) is 56.6 Å². The molecule has 2 atom stereocenters. The van der Waals surface area contributed by atoms with Crippen molar-refractivity contribution in [2.75, 3.05) is 6.54 Å². The van der Waals surface area contributed by atoms with E-state index < -0.39 is 0 Å². The standard InChI is InChI=1S/C14H25N3O/c1-13(2,3)10-7-11(12-16-15-9-18-12)17(8-10)14(4,5)6/h9-11H,7-8H2,1-6H3/t10?,11-/m0/s1. The van der Waals surface area contributed by atoms with Crippen LogP contribution in [0.2, 0.25) is 0 Å². The second kappa shape index (κ2) is 4.34. The maximum Gasteiger partial charge on any atom is 0.233 e. The predicted octanol–water partition coefficient (Wildman–Crippen LogP) is 3.28. The van der Waals surface area contributed by atoms with Crippen molar-refractivity contribution >= 4 is 0 Å². The van der Waals surface area contributed by atoms with Gasteiger partial charge in [0.1, 0.15) is 0 Å². The van der Waals surface area contributed by atoms with Crippen LogP contribution in [-0.2, 0) is 0 Å². The lowest BCUT2D eigenvalue weighted by Gasteiger charge is -2.36. The first kappa shape index (κ1) is 13.5. The summed E-state index contributed by atoms with van der Waals surface area (Å²) < 4.78 is 5.44. The Morgan fingerprint density at radius 2 is 1.89 bits per heavy atom. The fourth-order valence-electron chi connectivity index (χ4n) is 2.77. The highest BCUT2D eigenvalue weighted by Crippen LogP contribution is 2.45. The molecule has 4 heteroatoms. The summed E-state index contributed by atoms with van der Waals surface area (Å²) in [6, 6.07) is 0.261. The topological polar surface area (TPSA) is 42.2 Å². The summed E-state index contributed by atoms with van der Waals surface area (Å²) in [5.41, 5.74) is 0.442. The van der Waals surface area contributed by atoms with Gasteiger partial charge in [0.15, 0.2) is 0 Å². The maximum absolute atomic E-state index is 5.44. The molecule has 1 aliphatic heterocycles. The monoisotopic (exact) mass is 251 g/mol. The van der Waals surface area contributed by atoms with Gasteiger partial charge in [0.2, 0.25) is 12.3 Å². The first-order valence-corrected chi connectivity index (χ1v) is 6.72. The molecule has 0 aromatic carbocycles. The third-order valence-electron chi connectivity index (χ3n) is 4.05. The number of rotatable bonds is 1. The molecule has 1 aliphatic rings. The Labute approximate surface area is 110 Å². The van der Waals surface area contributed by atoms with E-state index >= 15 is 0 Å². The van der Waals surface area contributed by atoms with Gasteiger partial charge in [-0.1, -0.05) is 20.8 Å². The molecule has 0 saturated carbocycles. The van der Waals surface area contributed by atoms with Crippen LogP contribution >= 0.6 is 0 Å². The van der Waals surface area contributed by atoms with Gasteiger partial charge in [-0.05, 0) is 38.5 Å². The Kier molecular flexibility index (Phi) is 3.26. The van der Waals surface area contributed by atoms with Gasteiger partial charge in [0.05, 0.1) is 6.04 Å². The minimum absolute atomic E-state index is 0.124. The minimum Gasteiger partial charge on any atom is -0.426 e. The van der Waals surface area contributed by atoms with Gasteiger partial charge in [-0.3, -0.25) is 4.90 Å². The first-order valence-electron chi connectivity index (χ1n) is 6.72. The molecule has 0 spiro atoms. The van der Waals surface area contributed by atoms with E-state index in [1.807, 2.05) is 0 Å². The summed E-state index contributed by atoms with van der Waals surface area (Å²) in [5, 5.41) is 7.95. The van der Waals surface area contributed by atoms with Gasteiger partial charge in [-0.15, -0.1) is 10.2 Å². The van der Waals surface area contributed by atoms with Crippen LogP contribution < -0.4 is 0 Å². The summed E-state index contributed by atoms with van der Waals surface area (Å²) in [5.74, 6) is 1.42. The number of aromatic nitrogens is 2. The Hall–Kier alpha value is -0.900. The largest absolute Gasteiger partial charge is 0.426 e. The molecule has 2 rings (SSSR count). The average molecular weight is 251 g/mol. The van der Waals surface area contributed by atoms with E-state index in [1.54, 1.807) is 0 Å². The van der Waals surface area contributed by atoms with Crippen molar-refractivity contribution in [1.29, 1.82) is 0 Å². The van der Waals surface area contributed by atoms with Gasteiger partial charge >= 0.3 is 0 Å². The van der Waals surface area contributed by atoms with Crippen LogP contribution in [0.15, 0.2) is 10.8 Å². The number of likely N-dealkylation sites (tertiary alicyclic amines) is 1. The predicted molar refractivity (Wildman–Crippen MR) is 71.1 cm³/mol. The molecular weight excluding hydrogens is 226 g/mol. The summed E-state index contributed by atoms with van der Waals surface area (Å²) in [6.07, 6.45) is 2.53. The van der Waals surface area contributed by atoms with Crippen LogP contribution in [0, 0.1) is 11.3 Å². The van der Waals surface area contributed by atoms with E-state index in [0.29, 0.717) is 11.3 Å². The molecule has 1 aromatic rings. The first-order chi connectivity index (χ1) is 8.19. The molecule has 18 heavy (non-hydrogen) atoms. The van der Waals surface area contributed by atoms with Gasteiger partial charge in [-0.25, -0.2) is 0 Å². The Morgan fingerprint density at radius 3 is 2.33 bits per heavy atom. The van der Waals surface area contributed by atoms with Crippen LogP contribution in [0.25, 0.3) is 0 Å². The molecule has 0 bridgehead atoms. The van der Waals surface area contributed by atoms with Gasteiger partial charge in [-0.2, -0.15) is 0 Å². The molecule has 1 unspecified atom stereocenters. The molecule has 1 fully saturated rings. The lowest BCUT2D eigenvalue weighted by atomic mass is 9.79. The SMILES string of the molecule is CC(C)(C)C1C[C@@H](c2nnco2)N(C(C)(C)C)C1. The Bertz CT molecular complexity index is 386. The third-order valence-corrected chi connectivity index (χ3v) is 4.05. The molecule has 0 N–H and O–H groups in total. The fraction of sp³-hybridized carbons (Fsp3) is 0.857. The molecule has 0 aliphatic carbocycles.